The van der Waals surface area contributed by atoms with E-state index in [0.717, 1.165) is 4.47 Å². The minimum absolute atomic E-state index is 0.0114. The number of rotatable bonds is 10. The molecule has 1 N–H and O–H groups in total. The number of nitrogens with zero attached hydrogens (tertiary/aromatic N) is 6. The molecular formula is C28H24BrF3N7O3+. The quantitative estimate of drug-likeness (QED) is 0.107. The minimum Gasteiger partial charge on any atom is -0.358 e. The van der Waals surface area contributed by atoms with Crippen LogP contribution in [-0.2, 0) is 11.2 Å². The number of anilines is 2. The molecular weight excluding hydrogens is 619 g/mol. The number of carbonyl (C=O) groups is 1. The van der Waals surface area contributed by atoms with Gasteiger partial charge in [0.2, 0.25) is 5.71 Å². The lowest BCUT2D eigenvalue weighted by molar-refractivity contribution is -0.880. The van der Waals surface area contributed by atoms with Crippen molar-refractivity contribution in [1.29, 1.82) is 0 Å². The summed E-state index contributed by atoms with van der Waals surface area (Å²) in [6.45, 7) is 0.197. The smallest absolute Gasteiger partial charge is 0.358 e. The van der Waals surface area contributed by atoms with Crippen LogP contribution in [0.15, 0.2) is 69.8 Å². The first-order chi connectivity index (χ1) is 19.8. The lowest BCUT2D eigenvalue weighted by atomic mass is 10.1. The number of aliphatic imine (C=N–C) groups is 1. The van der Waals surface area contributed by atoms with Gasteiger partial charge in [-0.1, -0.05) is 5.92 Å². The number of pyridine rings is 1. The summed E-state index contributed by atoms with van der Waals surface area (Å²) in [7, 11) is 3.39. The molecule has 0 radical (unpaired) electrons. The fourth-order valence-electron chi connectivity index (χ4n) is 4.32. The molecule has 0 unspecified atom stereocenters. The molecule has 0 spiro atoms. The number of aromatic nitrogens is 3. The van der Waals surface area contributed by atoms with Crippen molar-refractivity contribution < 1.29 is 27.4 Å². The number of alkyl halides is 3. The molecule has 0 aliphatic carbocycles. The Kier molecular flexibility index (Phi) is 8.83. The van der Waals surface area contributed by atoms with Crippen molar-refractivity contribution in [2.45, 2.75) is 19.0 Å². The number of nitrogens with one attached hydrogen (secondary N) is 1. The first-order valence-corrected chi connectivity index (χ1v) is 13.2. The summed E-state index contributed by atoms with van der Waals surface area (Å²) in [5, 5.41) is 15.1. The average Bonchev–Trinajstić information content (AvgIpc) is 3.34. The Labute approximate surface area is 247 Å². The summed E-state index contributed by atoms with van der Waals surface area (Å²) in [5.41, 5.74) is 1.23. The molecule has 1 aliphatic rings. The van der Waals surface area contributed by atoms with Gasteiger partial charge in [0, 0.05) is 26.8 Å². The molecule has 216 valence electrons. The van der Waals surface area contributed by atoms with Gasteiger partial charge in [-0.05, 0) is 62.3 Å². The summed E-state index contributed by atoms with van der Waals surface area (Å²) < 4.78 is 40.1. The largest absolute Gasteiger partial charge is 0.454 e. The van der Waals surface area contributed by atoms with Crippen LogP contribution >= 0.6 is 15.9 Å². The van der Waals surface area contributed by atoms with Gasteiger partial charge in [0.05, 0.1) is 50.8 Å². The predicted molar refractivity (Wildman–Crippen MR) is 155 cm³/mol. The number of benzene rings is 1. The number of carbonyl (C=O) groups excluding carboxylic acids is 1. The van der Waals surface area contributed by atoms with Crippen molar-refractivity contribution in [3.8, 4) is 12.3 Å². The van der Waals surface area contributed by atoms with E-state index in [2.05, 4.69) is 47.1 Å². The third kappa shape index (κ3) is 7.42. The molecule has 0 atom stereocenters. The Morgan fingerprint density at radius 1 is 1.26 bits per heavy atom. The third-order valence-electron chi connectivity index (χ3n) is 6.28. The fourth-order valence-corrected chi connectivity index (χ4v) is 4.69. The maximum atomic E-state index is 13.1. The normalized spacial score (nSPS) is 13.9. The second-order valence-electron chi connectivity index (χ2n) is 10.1. The number of hydrogen-bond donors (Lipinski definition) is 1. The maximum Gasteiger partial charge on any atom is 0.454 e. The molecule has 4 rings (SSSR count). The number of allylic oxidation sites excluding steroid dienone is 1. The van der Waals surface area contributed by atoms with E-state index in [1.807, 2.05) is 12.1 Å². The highest BCUT2D eigenvalue weighted by atomic mass is 79.9. The molecule has 0 saturated heterocycles. The van der Waals surface area contributed by atoms with Gasteiger partial charge in [0.1, 0.15) is 18.7 Å². The molecule has 14 heteroatoms. The zero-order valence-electron chi connectivity index (χ0n) is 22.4. The van der Waals surface area contributed by atoms with Gasteiger partial charge in [-0.15, -0.1) is 6.42 Å². The van der Waals surface area contributed by atoms with E-state index in [9.17, 15) is 28.1 Å². The number of terminal acetylenes is 1. The highest BCUT2D eigenvalue weighted by Gasteiger charge is 2.47. The second kappa shape index (κ2) is 12.2. The zero-order valence-corrected chi connectivity index (χ0v) is 24.0. The van der Waals surface area contributed by atoms with Crippen molar-refractivity contribution in [2.75, 3.05) is 32.5 Å². The standard InChI is InChI=1S/C28H24BrF3N7O3/c1-4-17-10-19(7-8-23(17)29)36-26-22-13-20(33-14-24(22)34-16-35-26)12-21(40)6-5-9-39(2,3)15-18-11-25(28(30,31)32)37-27(18)38(41)42/h1,5-8,10,13-14,16H,9,11-12,15H2,2-3H3,(H,34,35,36)/q+1/b6-5+. The Hall–Kier alpha value is -4.48. The number of nitro groups is 1. The Bertz CT molecular complexity index is 1710. The lowest BCUT2D eigenvalue weighted by Gasteiger charge is -2.28. The lowest BCUT2D eigenvalue weighted by Crippen LogP contribution is -2.41. The van der Waals surface area contributed by atoms with Gasteiger partial charge in [-0.2, -0.15) is 13.2 Å². The van der Waals surface area contributed by atoms with Crippen LogP contribution in [0.2, 0.25) is 0 Å². The molecule has 42 heavy (non-hydrogen) atoms. The molecule has 0 amide bonds. The summed E-state index contributed by atoms with van der Waals surface area (Å²) >= 11 is 3.40. The molecule has 1 aliphatic heterocycles. The van der Waals surface area contributed by atoms with Gasteiger partial charge in [0.15, 0.2) is 5.78 Å². The minimum atomic E-state index is -4.74. The van der Waals surface area contributed by atoms with E-state index in [1.54, 1.807) is 38.5 Å². The van der Waals surface area contributed by atoms with Gasteiger partial charge in [-0.3, -0.25) is 9.78 Å². The number of halogens is 4. The average molecular weight is 643 g/mol. The van der Waals surface area contributed by atoms with Crippen LogP contribution in [0.3, 0.4) is 0 Å². The molecule has 0 fully saturated rings. The van der Waals surface area contributed by atoms with Crippen molar-refractivity contribution in [3.63, 3.8) is 0 Å². The summed E-state index contributed by atoms with van der Waals surface area (Å²) in [5.74, 6) is 2.07. The molecule has 10 nitrogen and oxygen atoms in total. The van der Waals surface area contributed by atoms with E-state index < -0.39 is 29.1 Å². The van der Waals surface area contributed by atoms with Crippen LogP contribution in [0.1, 0.15) is 17.7 Å². The topological polar surface area (TPSA) is 123 Å². The second-order valence-corrected chi connectivity index (χ2v) is 11.0. The van der Waals surface area contributed by atoms with E-state index >= 15 is 0 Å². The van der Waals surface area contributed by atoms with Crippen molar-refractivity contribution in [1.82, 2.24) is 15.0 Å². The Balaban J connectivity index is 1.42. The van der Waals surface area contributed by atoms with Crippen LogP contribution < -0.4 is 5.32 Å². The Morgan fingerprint density at radius 2 is 2.02 bits per heavy atom. The summed E-state index contributed by atoms with van der Waals surface area (Å²) in [6, 6.07) is 7.16. The van der Waals surface area contributed by atoms with Crippen LogP contribution in [0.4, 0.5) is 24.7 Å². The number of hydrogen-bond acceptors (Lipinski definition) is 8. The highest BCUT2D eigenvalue weighted by molar-refractivity contribution is 9.10. The van der Waals surface area contributed by atoms with Crippen molar-refractivity contribution in [3.05, 3.63) is 86.2 Å². The predicted octanol–water partition coefficient (Wildman–Crippen LogP) is 5.15. The third-order valence-corrected chi connectivity index (χ3v) is 6.97. The zero-order chi connectivity index (χ0) is 30.7. The van der Waals surface area contributed by atoms with Gasteiger partial charge in [0.25, 0.3) is 0 Å². The number of ketones is 1. The van der Waals surface area contributed by atoms with Gasteiger partial charge in [-0.25, -0.2) is 9.97 Å². The van der Waals surface area contributed by atoms with E-state index in [0.29, 0.717) is 33.7 Å². The maximum absolute atomic E-state index is 13.1. The molecule has 1 aromatic carbocycles. The molecule has 2 aromatic heterocycles. The summed E-state index contributed by atoms with van der Waals surface area (Å²) in [6.07, 6.45) is 6.05. The molecule has 0 saturated carbocycles. The van der Waals surface area contributed by atoms with Crippen LogP contribution in [-0.4, -0.2) is 69.2 Å². The molecule has 0 bridgehead atoms. The summed E-state index contributed by atoms with van der Waals surface area (Å²) in [4.78, 5) is 39.2. The van der Waals surface area contributed by atoms with Crippen LogP contribution in [0.25, 0.3) is 10.9 Å². The Morgan fingerprint density at radius 3 is 2.71 bits per heavy atom. The van der Waals surface area contributed by atoms with Crippen LogP contribution in [0, 0.1) is 22.5 Å². The first kappa shape index (κ1) is 30.5. The highest BCUT2D eigenvalue weighted by Crippen LogP contribution is 2.31. The van der Waals surface area contributed by atoms with Crippen molar-refractivity contribution in [2.24, 2.45) is 4.99 Å². The number of fused-ring (bicyclic) bond motifs is 1. The van der Waals surface area contributed by atoms with E-state index in [1.165, 1.54) is 12.4 Å². The number of likely N-dealkylation sites (N-methyl/N-ethyl adjacent to an activating group) is 1. The molecule has 3 aromatic rings. The van der Waals surface area contributed by atoms with Crippen molar-refractivity contribution >= 4 is 49.8 Å². The van der Waals surface area contributed by atoms with Gasteiger partial charge < -0.3 is 19.9 Å². The fraction of sp³-hybridized carbons (Fsp3) is 0.250. The first-order valence-electron chi connectivity index (χ1n) is 12.4. The van der Waals surface area contributed by atoms with Crippen LogP contribution in [0.5, 0.6) is 0 Å². The number of quaternary nitrogens is 1. The van der Waals surface area contributed by atoms with Gasteiger partial charge >= 0.3 is 12.0 Å². The monoisotopic (exact) mass is 642 g/mol. The molecule has 3 heterocycles. The van der Waals surface area contributed by atoms with E-state index in [4.69, 9.17) is 6.42 Å². The van der Waals surface area contributed by atoms with E-state index in [-0.39, 0.29) is 35.3 Å². The SMILES string of the molecule is C#Cc1cc(Nc2ncnc3cnc(CC(=O)/C=C/C[N+](C)(C)CC4=C([N+](=O)[O-])N=C(C(F)(F)F)C4)cc23)ccc1Br.